The molecule has 0 atom stereocenters. The second-order valence-corrected chi connectivity index (χ2v) is 7.72. The molecular formula is C23H28N2O2. The van der Waals surface area contributed by atoms with Gasteiger partial charge in [-0.2, -0.15) is 0 Å². The first-order chi connectivity index (χ1) is 13.2. The molecular weight excluding hydrogens is 336 g/mol. The summed E-state index contributed by atoms with van der Waals surface area (Å²) >= 11 is 0. The summed E-state index contributed by atoms with van der Waals surface area (Å²) in [6.07, 6.45) is 6.57. The van der Waals surface area contributed by atoms with Crippen molar-refractivity contribution in [2.75, 3.05) is 31.1 Å². The Morgan fingerprint density at radius 1 is 0.852 bits per heavy atom. The molecule has 2 aromatic rings. The third-order valence-electron chi connectivity index (χ3n) is 6.02. The van der Waals surface area contributed by atoms with E-state index in [1.165, 1.54) is 37.7 Å². The number of carbonyl (C=O) groups excluding carboxylic acids is 1. The van der Waals surface area contributed by atoms with Crippen LogP contribution in [0.15, 0.2) is 48.5 Å². The lowest BCUT2D eigenvalue weighted by atomic mass is 9.84. The van der Waals surface area contributed by atoms with Crippen LogP contribution in [-0.2, 0) is 0 Å². The van der Waals surface area contributed by atoms with Gasteiger partial charge in [-0.05, 0) is 48.6 Å². The van der Waals surface area contributed by atoms with Crippen LogP contribution < -0.4 is 4.90 Å². The van der Waals surface area contributed by atoms with E-state index in [1.807, 2.05) is 35.2 Å². The number of nitrogens with zero attached hydrogens (tertiary/aromatic N) is 2. The van der Waals surface area contributed by atoms with Crippen LogP contribution in [0.1, 0.15) is 53.9 Å². The molecule has 0 unspecified atom stereocenters. The Labute approximate surface area is 161 Å². The van der Waals surface area contributed by atoms with Crippen LogP contribution in [0, 0.1) is 0 Å². The number of piperazine rings is 1. The molecule has 4 rings (SSSR count). The summed E-state index contributed by atoms with van der Waals surface area (Å²) in [4.78, 5) is 16.9. The third-order valence-corrected chi connectivity index (χ3v) is 6.02. The zero-order valence-corrected chi connectivity index (χ0v) is 15.8. The fraction of sp³-hybridized carbons (Fsp3) is 0.435. The second-order valence-electron chi connectivity index (χ2n) is 7.72. The maximum absolute atomic E-state index is 12.9. The van der Waals surface area contributed by atoms with E-state index in [0.29, 0.717) is 24.8 Å². The zero-order chi connectivity index (χ0) is 18.6. The van der Waals surface area contributed by atoms with Gasteiger partial charge in [0, 0.05) is 31.7 Å². The number of hydrogen-bond donors (Lipinski definition) is 1. The smallest absolute Gasteiger partial charge is 0.253 e. The van der Waals surface area contributed by atoms with Crippen molar-refractivity contribution < 1.29 is 9.90 Å². The molecule has 1 amide bonds. The molecule has 142 valence electrons. The average Bonchev–Trinajstić information content (AvgIpc) is 2.74. The number of benzene rings is 2. The molecule has 1 heterocycles. The minimum atomic E-state index is 0.113. The molecule has 2 aliphatic rings. The van der Waals surface area contributed by atoms with Crippen LogP contribution in [0.25, 0.3) is 0 Å². The largest absolute Gasteiger partial charge is 0.506 e. The van der Waals surface area contributed by atoms with Crippen molar-refractivity contribution in [2.24, 2.45) is 0 Å². The monoisotopic (exact) mass is 364 g/mol. The number of carbonyl (C=O) groups is 1. The lowest BCUT2D eigenvalue weighted by Crippen LogP contribution is -2.48. The molecule has 1 saturated carbocycles. The number of phenolic OH excluding ortho intramolecular Hbond substituents is 1. The van der Waals surface area contributed by atoms with Gasteiger partial charge in [-0.15, -0.1) is 0 Å². The lowest BCUT2D eigenvalue weighted by Gasteiger charge is -2.36. The number of rotatable bonds is 3. The van der Waals surface area contributed by atoms with E-state index >= 15 is 0 Å². The molecule has 1 aliphatic heterocycles. The minimum Gasteiger partial charge on any atom is -0.506 e. The standard InChI is InChI=1S/C23H28N2O2/c26-22-9-5-4-8-21(22)24-14-16-25(17-15-24)23(27)20-12-10-19(11-13-20)18-6-2-1-3-7-18/h4-5,8-13,18,26H,1-3,6-7,14-17H2. The molecule has 0 bridgehead atoms. The van der Waals surface area contributed by atoms with Crippen molar-refractivity contribution in [3.05, 3.63) is 59.7 Å². The van der Waals surface area contributed by atoms with E-state index in [9.17, 15) is 9.90 Å². The molecule has 1 N–H and O–H groups in total. The summed E-state index contributed by atoms with van der Waals surface area (Å²) in [6.45, 7) is 2.84. The van der Waals surface area contributed by atoms with Gasteiger partial charge >= 0.3 is 0 Å². The van der Waals surface area contributed by atoms with Crippen molar-refractivity contribution in [1.82, 2.24) is 4.90 Å². The van der Waals surface area contributed by atoms with Gasteiger partial charge in [-0.25, -0.2) is 0 Å². The quantitative estimate of drug-likeness (QED) is 0.878. The topological polar surface area (TPSA) is 43.8 Å². The van der Waals surface area contributed by atoms with Crippen molar-refractivity contribution in [1.29, 1.82) is 0 Å². The number of anilines is 1. The van der Waals surface area contributed by atoms with Crippen molar-refractivity contribution in [2.45, 2.75) is 38.0 Å². The molecule has 0 aromatic heterocycles. The van der Waals surface area contributed by atoms with Crippen LogP contribution in [0.4, 0.5) is 5.69 Å². The fourth-order valence-electron chi connectivity index (χ4n) is 4.40. The summed E-state index contributed by atoms with van der Waals surface area (Å²) < 4.78 is 0. The van der Waals surface area contributed by atoms with E-state index in [0.717, 1.165) is 24.3 Å². The van der Waals surface area contributed by atoms with Crippen LogP contribution in [-0.4, -0.2) is 42.1 Å². The van der Waals surface area contributed by atoms with E-state index in [4.69, 9.17) is 0 Å². The molecule has 2 aromatic carbocycles. The third kappa shape index (κ3) is 3.95. The van der Waals surface area contributed by atoms with Gasteiger partial charge in [0.25, 0.3) is 5.91 Å². The molecule has 4 heteroatoms. The molecule has 2 fully saturated rings. The Balaban J connectivity index is 1.37. The highest BCUT2D eigenvalue weighted by atomic mass is 16.3. The maximum atomic E-state index is 12.9. The summed E-state index contributed by atoms with van der Waals surface area (Å²) in [7, 11) is 0. The zero-order valence-electron chi connectivity index (χ0n) is 15.8. The van der Waals surface area contributed by atoms with Crippen LogP contribution in [0.3, 0.4) is 0 Å². The van der Waals surface area contributed by atoms with Crippen molar-refractivity contribution in [3.63, 3.8) is 0 Å². The summed E-state index contributed by atoms with van der Waals surface area (Å²) in [6, 6.07) is 15.7. The maximum Gasteiger partial charge on any atom is 0.253 e. The second kappa shape index (κ2) is 8.03. The molecule has 27 heavy (non-hydrogen) atoms. The molecule has 4 nitrogen and oxygen atoms in total. The van der Waals surface area contributed by atoms with Crippen LogP contribution in [0.5, 0.6) is 5.75 Å². The number of amides is 1. The van der Waals surface area contributed by atoms with E-state index in [1.54, 1.807) is 6.07 Å². The normalized spacial score (nSPS) is 18.5. The molecule has 0 spiro atoms. The van der Waals surface area contributed by atoms with E-state index in [-0.39, 0.29) is 5.91 Å². The molecule has 1 aliphatic carbocycles. The number of para-hydroxylation sites is 2. The number of hydrogen-bond acceptors (Lipinski definition) is 3. The highest BCUT2D eigenvalue weighted by Crippen LogP contribution is 2.33. The predicted octanol–water partition coefficient (Wildman–Crippen LogP) is 4.40. The minimum absolute atomic E-state index is 0.113. The van der Waals surface area contributed by atoms with Gasteiger partial charge in [0.1, 0.15) is 5.75 Å². The SMILES string of the molecule is O=C(c1ccc(C2CCCCC2)cc1)N1CCN(c2ccccc2O)CC1. The van der Waals surface area contributed by atoms with Gasteiger partial charge in [-0.1, -0.05) is 43.5 Å². The predicted molar refractivity (Wildman–Crippen MR) is 108 cm³/mol. The van der Waals surface area contributed by atoms with Gasteiger partial charge in [0.15, 0.2) is 0 Å². The van der Waals surface area contributed by atoms with E-state index in [2.05, 4.69) is 17.0 Å². The van der Waals surface area contributed by atoms with E-state index < -0.39 is 0 Å². The lowest BCUT2D eigenvalue weighted by molar-refractivity contribution is 0.0746. The average molecular weight is 364 g/mol. The Bertz CT molecular complexity index is 773. The number of aromatic hydroxyl groups is 1. The molecule has 1 saturated heterocycles. The highest BCUT2D eigenvalue weighted by Gasteiger charge is 2.24. The van der Waals surface area contributed by atoms with Crippen LogP contribution >= 0.6 is 0 Å². The first-order valence-electron chi connectivity index (χ1n) is 10.1. The first-order valence-corrected chi connectivity index (χ1v) is 10.1. The summed E-state index contributed by atoms with van der Waals surface area (Å²) in [5.41, 5.74) is 3.02. The fourth-order valence-corrected chi connectivity index (χ4v) is 4.40. The van der Waals surface area contributed by atoms with Crippen molar-refractivity contribution >= 4 is 11.6 Å². The molecule has 0 radical (unpaired) electrons. The van der Waals surface area contributed by atoms with Gasteiger partial charge in [0.2, 0.25) is 0 Å². The van der Waals surface area contributed by atoms with Gasteiger partial charge in [-0.3, -0.25) is 4.79 Å². The Morgan fingerprint density at radius 2 is 1.52 bits per heavy atom. The summed E-state index contributed by atoms with van der Waals surface area (Å²) in [5.74, 6) is 1.09. The Hall–Kier alpha value is -2.49. The Kier molecular flexibility index (Phi) is 5.33. The summed E-state index contributed by atoms with van der Waals surface area (Å²) in [5, 5.41) is 10.0. The Morgan fingerprint density at radius 3 is 2.19 bits per heavy atom. The van der Waals surface area contributed by atoms with Crippen molar-refractivity contribution in [3.8, 4) is 5.75 Å². The first kappa shape index (κ1) is 17.9. The van der Waals surface area contributed by atoms with Gasteiger partial charge in [0.05, 0.1) is 5.69 Å². The van der Waals surface area contributed by atoms with Crippen LogP contribution in [0.2, 0.25) is 0 Å². The number of phenols is 1. The van der Waals surface area contributed by atoms with Gasteiger partial charge < -0.3 is 14.9 Å². The highest BCUT2D eigenvalue weighted by molar-refractivity contribution is 5.94.